The van der Waals surface area contributed by atoms with Crippen LogP contribution in [0.4, 0.5) is 0 Å². The fourth-order valence-electron chi connectivity index (χ4n) is 2.22. The van der Waals surface area contributed by atoms with Crippen LogP contribution in [0, 0.1) is 20.8 Å². The highest BCUT2D eigenvalue weighted by Crippen LogP contribution is 2.27. The van der Waals surface area contributed by atoms with Crippen molar-refractivity contribution in [1.29, 1.82) is 0 Å². The molecule has 2 aromatic rings. The second kappa shape index (κ2) is 6.81. The van der Waals surface area contributed by atoms with E-state index in [1.165, 1.54) is 0 Å². The fourth-order valence-corrected chi connectivity index (χ4v) is 2.47. The molecule has 1 heterocycles. The second-order valence-electron chi connectivity index (χ2n) is 5.26. The van der Waals surface area contributed by atoms with Crippen molar-refractivity contribution >= 4 is 23.2 Å². The van der Waals surface area contributed by atoms with Gasteiger partial charge in [-0.25, -0.2) is 9.98 Å². The van der Waals surface area contributed by atoms with Crippen LogP contribution in [0.25, 0.3) is 5.70 Å². The molecule has 0 unspecified atom stereocenters. The Hall–Kier alpha value is -2.37. The van der Waals surface area contributed by atoms with Gasteiger partial charge in [-0.15, -0.1) is 0 Å². The van der Waals surface area contributed by atoms with Gasteiger partial charge in [0.05, 0.1) is 5.70 Å². The fraction of sp³-hybridized carbons (Fsp3) is 0.176. The van der Waals surface area contributed by atoms with Crippen LogP contribution in [-0.2, 0) is 4.84 Å². The Balaban J connectivity index is 2.43. The highest BCUT2D eigenvalue weighted by atomic mass is 35.5. The molecule has 1 aromatic carbocycles. The third kappa shape index (κ3) is 3.88. The summed E-state index contributed by atoms with van der Waals surface area (Å²) in [5.41, 5.74) is 4.05. The maximum absolute atomic E-state index is 9.85. The first-order chi connectivity index (χ1) is 10.8. The molecule has 23 heavy (non-hydrogen) atoms. The largest absolute Gasteiger partial charge is 0.507 e. The Bertz CT molecular complexity index is 757. The van der Waals surface area contributed by atoms with E-state index in [1.807, 2.05) is 20.8 Å². The van der Waals surface area contributed by atoms with Gasteiger partial charge in [0.1, 0.15) is 10.9 Å². The average molecular weight is 332 g/mol. The number of rotatable bonds is 3. The molecular weight excluding hydrogens is 314 g/mol. The van der Waals surface area contributed by atoms with Gasteiger partial charge in [-0.2, -0.15) is 5.90 Å². The number of aromatic nitrogens is 1. The van der Waals surface area contributed by atoms with Gasteiger partial charge in [0.15, 0.2) is 0 Å². The standard InChI is InChI=1S/C17H18ClN3O2/c1-9-5-13(6-10(2)16(9)22)12(4)21-17(23-19)14-7-11(3)20-15(18)8-14/h5-8,22H,4,19H2,1-3H3. The third-order valence-electron chi connectivity index (χ3n) is 3.34. The summed E-state index contributed by atoms with van der Waals surface area (Å²) in [5, 5.41) is 10.2. The Kier molecular flexibility index (Phi) is 5.03. The first-order valence-corrected chi connectivity index (χ1v) is 7.29. The van der Waals surface area contributed by atoms with Crippen LogP contribution in [0.1, 0.15) is 27.9 Å². The number of phenolic OH excluding ortho intramolecular Hbond substituents is 1. The molecule has 2 rings (SSSR count). The Morgan fingerprint density at radius 2 is 1.78 bits per heavy atom. The van der Waals surface area contributed by atoms with Crippen molar-refractivity contribution in [3.05, 3.63) is 63.9 Å². The minimum Gasteiger partial charge on any atom is -0.507 e. The summed E-state index contributed by atoms with van der Waals surface area (Å²) in [7, 11) is 0. The van der Waals surface area contributed by atoms with Crippen molar-refractivity contribution in [2.45, 2.75) is 20.8 Å². The highest BCUT2D eigenvalue weighted by molar-refractivity contribution is 6.29. The number of aromatic hydroxyl groups is 1. The number of nitrogens with two attached hydrogens (primary N) is 1. The maximum Gasteiger partial charge on any atom is 0.245 e. The van der Waals surface area contributed by atoms with Gasteiger partial charge in [0.2, 0.25) is 5.90 Å². The monoisotopic (exact) mass is 331 g/mol. The molecule has 1 aromatic heterocycles. The molecule has 0 fully saturated rings. The van der Waals surface area contributed by atoms with Gasteiger partial charge >= 0.3 is 0 Å². The molecule has 5 nitrogen and oxygen atoms in total. The van der Waals surface area contributed by atoms with Crippen molar-refractivity contribution < 1.29 is 9.94 Å². The van der Waals surface area contributed by atoms with Gasteiger partial charge in [-0.1, -0.05) is 18.2 Å². The van der Waals surface area contributed by atoms with E-state index in [0.29, 0.717) is 16.4 Å². The van der Waals surface area contributed by atoms with E-state index >= 15 is 0 Å². The van der Waals surface area contributed by atoms with Crippen LogP contribution < -0.4 is 5.90 Å². The molecule has 0 bridgehead atoms. The van der Waals surface area contributed by atoms with Gasteiger partial charge in [-0.05, 0) is 56.2 Å². The summed E-state index contributed by atoms with van der Waals surface area (Å²) in [4.78, 5) is 13.3. The Labute approximate surface area is 140 Å². The number of hydrogen-bond acceptors (Lipinski definition) is 5. The van der Waals surface area contributed by atoms with E-state index in [4.69, 9.17) is 22.3 Å². The van der Waals surface area contributed by atoms with E-state index in [9.17, 15) is 5.11 Å². The molecule has 0 amide bonds. The predicted octanol–water partition coefficient (Wildman–Crippen LogP) is 3.67. The zero-order valence-electron chi connectivity index (χ0n) is 13.2. The second-order valence-corrected chi connectivity index (χ2v) is 5.65. The summed E-state index contributed by atoms with van der Waals surface area (Å²) in [6, 6.07) is 6.97. The summed E-state index contributed by atoms with van der Waals surface area (Å²) in [6.45, 7) is 9.38. The van der Waals surface area contributed by atoms with Crippen molar-refractivity contribution in [1.82, 2.24) is 4.98 Å². The minimum absolute atomic E-state index is 0.186. The van der Waals surface area contributed by atoms with Crippen LogP contribution in [0.3, 0.4) is 0 Å². The number of benzene rings is 1. The van der Waals surface area contributed by atoms with E-state index in [0.717, 1.165) is 22.4 Å². The quantitative estimate of drug-likeness (QED) is 0.389. The lowest BCUT2D eigenvalue weighted by molar-refractivity contribution is 0.322. The molecule has 0 atom stereocenters. The summed E-state index contributed by atoms with van der Waals surface area (Å²) in [5.74, 6) is 5.79. The molecule has 0 radical (unpaired) electrons. The number of phenols is 1. The van der Waals surface area contributed by atoms with Crippen LogP contribution in [0.5, 0.6) is 5.75 Å². The van der Waals surface area contributed by atoms with E-state index in [-0.39, 0.29) is 11.6 Å². The first kappa shape index (κ1) is 17.0. The van der Waals surface area contributed by atoms with Crippen molar-refractivity contribution in [2.75, 3.05) is 0 Å². The number of aryl methyl sites for hydroxylation is 3. The lowest BCUT2D eigenvalue weighted by Crippen LogP contribution is -2.12. The van der Waals surface area contributed by atoms with E-state index in [2.05, 4.69) is 16.6 Å². The normalized spacial score (nSPS) is 11.4. The number of nitrogens with zero attached hydrogens (tertiary/aromatic N) is 2. The molecule has 120 valence electrons. The average Bonchev–Trinajstić information content (AvgIpc) is 2.48. The van der Waals surface area contributed by atoms with Crippen molar-refractivity contribution in [3.63, 3.8) is 0 Å². The molecule has 0 saturated carbocycles. The van der Waals surface area contributed by atoms with Crippen molar-refractivity contribution in [3.8, 4) is 5.75 Å². The van der Waals surface area contributed by atoms with Gasteiger partial charge in [-0.3, -0.25) is 0 Å². The van der Waals surface area contributed by atoms with E-state index in [1.54, 1.807) is 24.3 Å². The number of hydrogen-bond donors (Lipinski definition) is 2. The lowest BCUT2D eigenvalue weighted by Gasteiger charge is -2.10. The number of pyridine rings is 1. The van der Waals surface area contributed by atoms with E-state index < -0.39 is 0 Å². The van der Waals surface area contributed by atoms with Crippen LogP contribution in [0.15, 0.2) is 35.8 Å². The van der Waals surface area contributed by atoms with Crippen molar-refractivity contribution in [2.24, 2.45) is 10.9 Å². The molecule has 6 heteroatoms. The first-order valence-electron chi connectivity index (χ1n) is 6.91. The van der Waals surface area contributed by atoms with Crippen LogP contribution in [-0.4, -0.2) is 16.0 Å². The molecule has 3 N–H and O–H groups in total. The van der Waals surface area contributed by atoms with Gasteiger partial charge in [0, 0.05) is 16.8 Å². The SMILES string of the molecule is C=C(N=C(ON)c1cc(C)nc(Cl)c1)c1cc(C)c(O)c(C)c1. The molecule has 0 aliphatic rings. The minimum atomic E-state index is 0.186. The number of halogens is 1. The molecular formula is C17H18ClN3O2. The molecule has 0 spiro atoms. The highest BCUT2D eigenvalue weighted by Gasteiger charge is 2.11. The van der Waals surface area contributed by atoms with Gasteiger partial charge < -0.3 is 9.94 Å². The van der Waals surface area contributed by atoms with Gasteiger partial charge in [0.25, 0.3) is 0 Å². The zero-order chi connectivity index (χ0) is 17.1. The molecule has 0 saturated heterocycles. The molecule has 0 aliphatic carbocycles. The van der Waals surface area contributed by atoms with Crippen LogP contribution >= 0.6 is 11.6 Å². The maximum atomic E-state index is 9.85. The smallest absolute Gasteiger partial charge is 0.245 e. The summed E-state index contributed by atoms with van der Waals surface area (Å²) >= 11 is 5.95. The number of aliphatic imine (C=N–C) groups is 1. The Morgan fingerprint density at radius 3 is 2.30 bits per heavy atom. The zero-order valence-corrected chi connectivity index (χ0v) is 14.0. The van der Waals surface area contributed by atoms with Crippen LogP contribution in [0.2, 0.25) is 5.15 Å². The third-order valence-corrected chi connectivity index (χ3v) is 3.54. The summed E-state index contributed by atoms with van der Waals surface area (Å²) < 4.78 is 0. The topological polar surface area (TPSA) is 80.7 Å². The summed E-state index contributed by atoms with van der Waals surface area (Å²) in [6.07, 6.45) is 0. The Morgan fingerprint density at radius 1 is 1.17 bits per heavy atom. The lowest BCUT2D eigenvalue weighted by atomic mass is 10.0. The predicted molar refractivity (Wildman–Crippen MR) is 92.4 cm³/mol. The molecule has 0 aliphatic heterocycles.